The maximum Gasteiger partial charge on any atom is 0.272 e. The Kier molecular flexibility index (Phi) is 4.60. The summed E-state index contributed by atoms with van der Waals surface area (Å²) >= 11 is 0. The van der Waals surface area contributed by atoms with Crippen molar-refractivity contribution in [2.24, 2.45) is 7.05 Å². The van der Waals surface area contributed by atoms with E-state index in [9.17, 15) is 4.79 Å². The average molecular weight is 419 g/mol. The lowest BCUT2D eigenvalue weighted by Gasteiger charge is -2.14. The summed E-state index contributed by atoms with van der Waals surface area (Å²) in [6, 6.07) is 15.8. The Morgan fingerprint density at radius 2 is 1.81 bits per heavy atom. The topological polar surface area (TPSA) is 67.9 Å². The minimum absolute atomic E-state index is 0.199. The van der Waals surface area contributed by atoms with Crippen molar-refractivity contribution in [2.45, 2.75) is 20.3 Å². The van der Waals surface area contributed by atoms with Crippen LogP contribution in [0.4, 0.5) is 5.69 Å². The highest BCUT2D eigenvalue weighted by Crippen LogP contribution is 2.42. The van der Waals surface area contributed by atoms with Crippen molar-refractivity contribution in [3.63, 3.8) is 0 Å². The zero-order chi connectivity index (χ0) is 22.4. The average Bonchev–Trinajstić information content (AvgIpc) is 3.20. The summed E-state index contributed by atoms with van der Waals surface area (Å²) < 4.78 is 1.81. The van der Waals surface area contributed by atoms with Crippen LogP contribution in [0.15, 0.2) is 59.5 Å². The van der Waals surface area contributed by atoms with E-state index in [0.717, 1.165) is 49.8 Å². The van der Waals surface area contributed by atoms with Gasteiger partial charge in [-0.1, -0.05) is 43.3 Å². The van der Waals surface area contributed by atoms with Gasteiger partial charge in [0.25, 0.3) is 5.56 Å². The summed E-state index contributed by atoms with van der Waals surface area (Å²) in [6.07, 6.45) is 2.53. The van der Waals surface area contributed by atoms with Gasteiger partial charge in [-0.25, -0.2) is 9.94 Å². The second-order valence-electron chi connectivity index (χ2n) is 7.89. The van der Waals surface area contributed by atoms with E-state index in [4.69, 9.17) is 6.57 Å². The number of benzene rings is 3. The van der Waals surface area contributed by atoms with Crippen LogP contribution in [0.1, 0.15) is 18.2 Å². The number of aromatic nitrogens is 4. The van der Waals surface area contributed by atoms with Gasteiger partial charge in [-0.15, -0.1) is 0 Å². The molecular weight excluding hydrogens is 398 g/mol. The lowest BCUT2D eigenvalue weighted by Crippen LogP contribution is -2.10. The van der Waals surface area contributed by atoms with Crippen molar-refractivity contribution in [1.29, 1.82) is 0 Å². The first-order valence-corrected chi connectivity index (χ1v) is 10.5. The number of aryl methyl sites for hydroxylation is 3. The molecule has 0 saturated carbocycles. The Balaban J connectivity index is 1.81. The molecule has 2 aromatic heterocycles. The van der Waals surface area contributed by atoms with Crippen LogP contribution in [0.25, 0.3) is 48.8 Å². The standard InChI is InChI=1S/C26H21N5O/c1-5-23-20-13-16(10-11-19(20)26(32)30-29-23)22-14-28-31(4)25(22)21-12-15(2)17-8-6-7-9-18(17)24(21)27-3/h6-14H,5H2,1-2,4H3,(H,30,32). The van der Waals surface area contributed by atoms with Gasteiger partial charge in [0.15, 0.2) is 0 Å². The van der Waals surface area contributed by atoms with Crippen LogP contribution in [-0.4, -0.2) is 20.0 Å². The van der Waals surface area contributed by atoms with E-state index in [2.05, 4.69) is 33.1 Å². The van der Waals surface area contributed by atoms with Gasteiger partial charge in [-0.3, -0.25) is 9.48 Å². The quantitative estimate of drug-likeness (QED) is 0.389. The highest BCUT2D eigenvalue weighted by molar-refractivity contribution is 6.05. The number of fused-ring (bicyclic) bond motifs is 2. The zero-order valence-corrected chi connectivity index (χ0v) is 18.1. The molecule has 0 radical (unpaired) electrons. The molecule has 0 atom stereocenters. The van der Waals surface area contributed by atoms with E-state index < -0.39 is 0 Å². The number of aromatic amines is 1. The monoisotopic (exact) mass is 419 g/mol. The molecule has 1 N–H and O–H groups in total. The molecule has 32 heavy (non-hydrogen) atoms. The molecule has 3 aromatic carbocycles. The maximum absolute atomic E-state index is 12.3. The third-order valence-electron chi connectivity index (χ3n) is 6.04. The molecular formula is C26H21N5O. The summed E-state index contributed by atoms with van der Waals surface area (Å²) in [6.45, 7) is 12.0. The second kappa shape index (κ2) is 7.47. The van der Waals surface area contributed by atoms with Gasteiger partial charge in [-0.2, -0.15) is 10.2 Å². The van der Waals surface area contributed by atoms with Crippen molar-refractivity contribution in [1.82, 2.24) is 20.0 Å². The van der Waals surface area contributed by atoms with Crippen LogP contribution in [-0.2, 0) is 13.5 Å². The molecule has 0 unspecified atom stereocenters. The van der Waals surface area contributed by atoms with Crippen LogP contribution in [0.5, 0.6) is 0 Å². The Hall–Kier alpha value is -4.24. The predicted octanol–water partition coefficient (Wildman–Crippen LogP) is 5.57. The predicted molar refractivity (Wildman–Crippen MR) is 128 cm³/mol. The number of rotatable bonds is 3. The molecule has 0 aliphatic carbocycles. The maximum atomic E-state index is 12.3. The van der Waals surface area contributed by atoms with Gasteiger partial charge < -0.3 is 0 Å². The van der Waals surface area contributed by atoms with Gasteiger partial charge >= 0.3 is 0 Å². The molecule has 0 bridgehead atoms. The largest absolute Gasteiger partial charge is 0.272 e. The van der Waals surface area contributed by atoms with Crippen LogP contribution in [0.3, 0.4) is 0 Å². The van der Waals surface area contributed by atoms with E-state index >= 15 is 0 Å². The van der Waals surface area contributed by atoms with Crippen molar-refractivity contribution in [3.8, 4) is 22.4 Å². The zero-order valence-electron chi connectivity index (χ0n) is 18.1. The lowest BCUT2D eigenvalue weighted by molar-refractivity contribution is 0.776. The number of H-pyrrole nitrogens is 1. The molecule has 156 valence electrons. The Morgan fingerprint density at radius 3 is 2.56 bits per heavy atom. The smallest absolute Gasteiger partial charge is 0.269 e. The fourth-order valence-corrected chi connectivity index (χ4v) is 4.47. The van der Waals surface area contributed by atoms with Crippen LogP contribution in [0.2, 0.25) is 0 Å². The minimum Gasteiger partial charge on any atom is -0.269 e. The fourth-order valence-electron chi connectivity index (χ4n) is 4.47. The first-order chi connectivity index (χ1) is 15.5. The Morgan fingerprint density at radius 1 is 1.03 bits per heavy atom. The fraction of sp³-hybridized carbons (Fsp3) is 0.154. The van der Waals surface area contributed by atoms with Crippen LogP contribution >= 0.6 is 0 Å². The van der Waals surface area contributed by atoms with E-state index in [1.54, 1.807) is 0 Å². The third kappa shape index (κ3) is 2.90. The Labute approximate surface area is 185 Å². The Bertz CT molecular complexity index is 1620. The van der Waals surface area contributed by atoms with E-state index in [0.29, 0.717) is 17.5 Å². The third-order valence-corrected chi connectivity index (χ3v) is 6.04. The van der Waals surface area contributed by atoms with Crippen molar-refractivity contribution in [3.05, 3.63) is 87.8 Å². The summed E-state index contributed by atoms with van der Waals surface area (Å²) in [5, 5.41) is 14.8. The van der Waals surface area contributed by atoms with Crippen molar-refractivity contribution in [2.75, 3.05) is 0 Å². The molecule has 0 amide bonds. The molecule has 5 rings (SSSR count). The summed E-state index contributed by atoms with van der Waals surface area (Å²) in [5.74, 6) is 0. The molecule has 6 heteroatoms. The molecule has 0 aliphatic rings. The highest BCUT2D eigenvalue weighted by Gasteiger charge is 2.20. The van der Waals surface area contributed by atoms with Gasteiger partial charge in [-0.05, 0) is 47.4 Å². The highest BCUT2D eigenvalue weighted by atomic mass is 16.1. The molecule has 5 aromatic rings. The van der Waals surface area contributed by atoms with E-state index in [1.165, 1.54) is 0 Å². The SMILES string of the molecule is [C-]#[N+]c1c(-c2c(-c3ccc4c(=O)[nH]nc(CC)c4c3)cnn2C)cc(C)c2ccccc12. The summed E-state index contributed by atoms with van der Waals surface area (Å²) in [4.78, 5) is 16.2. The molecule has 0 saturated heterocycles. The van der Waals surface area contributed by atoms with Gasteiger partial charge in [0.1, 0.15) is 0 Å². The minimum atomic E-state index is -0.199. The first kappa shape index (κ1) is 19.7. The van der Waals surface area contributed by atoms with Gasteiger partial charge in [0, 0.05) is 23.6 Å². The normalized spacial score (nSPS) is 11.2. The lowest BCUT2D eigenvalue weighted by atomic mass is 9.93. The molecule has 0 fully saturated rings. The summed E-state index contributed by atoms with van der Waals surface area (Å²) in [5.41, 5.74) is 5.94. The molecule has 2 heterocycles. The molecule has 0 aliphatic heterocycles. The second-order valence-corrected chi connectivity index (χ2v) is 7.89. The van der Waals surface area contributed by atoms with Gasteiger partial charge in [0.05, 0.1) is 29.5 Å². The summed E-state index contributed by atoms with van der Waals surface area (Å²) in [7, 11) is 1.89. The number of nitrogens with one attached hydrogen (secondary N) is 1. The van der Waals surface area contributed by atoms with Crippen molar-refractivity contribution >= 4 is 27.2 Å². The number of nitrogens with zero attached hydrogens (tertiary/aromatic N) is 4. The number of hydrogen-bond donors (Lipinski definition) is 1. The van der Waals surface area contributed by atoms with Crippen LogP contribution in [0, 0.1) is 13.5 Å². The van der Waals surface area contributed by atoms with Crippen molar-refractivity contribution < 1.29 is 0 Å². The van der Waals surface area contributed by atoms with Crippen LogP contribution < -0.4 is 5.56 Å². The number of hydrogen-bond acceptors (Lipinski definition) is 3. The molecule has 0 spiro atoms. The first-order valence-electron chi connectivity index (χ1n) is 10.5. The van der Waals surface area contributed by atoms with E-state index in [-0.39, 0.29) is 5.56 Å². The van der Waals surface area contributed by atoms with E-state index in [1.807, 2.05) is 67.3 Å². The molecule has 6 nitrogen and oxygen atoms in total. The van der Waals surface area contributed by atoms with Gasteiger partial charge in [0.2, 0.25) is 5.69 Å².